The van der Waals surface area contributed by atoms with Gasteiger partial charge in [0.25, 0.3) is 0 Å². The van der Waals surface area contributed by atoms with E-state index < -0.39 is 0 Å². The Kier molecular flexibility index (Phi) is 8.17. The van der Waals surface area contributed by atoms with Crippen LogP contribution in [-0.4, -0.2) is 61.2 Å². The van der Waals surface area contributed by atoms with Crippen molar-refractivity contribution in [1.82, 2.24) is 10.2 Å². The molecule has 1 amide bonds. The second-order valence-corrected chi connectivity index (χ2v) is 8.17. The van der Waals surface area contributed by atoms with E-state index in [0.717, 1.165) is 51.1 Å². The van der Waals surface area contributed by atoms with E-state index in [0.29, 0.717) is 6.42 Å². The quantitative estimate of drug-likeness (QED) is 0.549. The van der Waals surface area contributed by atoms with E-state index in [4.69, 9.17) is 4.74 Å². The zero-order valence-electron chi connectivity index (χ0n) is 12.1. The molecule has 20 heavy (non-hydrogen) atoms. The van der Waals surface area contributed by atoms with E-state index in [1.54, 1.807) is 0 Å². The summed E-state index contributed by atoms with van der Waals surface area (Å²) in [6.45, 7) is 5.36. The molecule has 2 saturated heterocycles. The summed E-state index contributed by atoms with van der Waals surface area (Å²) >= 11 is 0. The molecule has 2 rings (SSSR count). The van der Waals surface area contributed by atoms with Crippen molar-refractivity contribution >= 4 is 27.5 Å². The lowest BCUT2D eigenvalue weighted by Gasteiger charge is -2.26. The monoisotopic (exact) mass is 318 g/mol. The SMILES string of the molecule is O=C(CCCCC1CCSS1)NCCN1CCOCC1. The minimum Gasteiger partial charge on any atom is -0.379 e. The average Bonchev–Trinajstić information content (AvgIpc) is 2.98. The maximum Gasteiger partial charge on any atom is 0.220 e. The molecular formula is C14H26N2O2S2. The highest BCUT2D eigenvalue weighted by molar-refractivity contribution is 8.77. The molecule has 0 aromatic carbocycles. The van der Waals surface area contributed by atoms with Crippen molar-refractivity contribution in [2.75, 3.05) is 45.1 Å². The number of carbonyl (C=O) groups is 1. The highest BCUT2D eigenvalue weighted by Gasteiger charge is 2.16. The van der Waals surface area contributed by atoms with E-state index in [9.17, 15) is 4.79 Å². The number of amides is 1. The fourth-order valence-electron chi connectivity index (χ4n) is 2.49. The summed E-state index contributed by atoms with van der Waals surface area (Å²) < 4.78 is 5.30. The Bertz CT molecular complexity index is 280. The first kappa shape index (κ1) is 16.5. The smallest absolute Gasteiger partial charge is 0.220 e. The first-order valence-corrected chi connectivity index (χ1v) is 10.1. The van der Waals surface area contributed by atoms with E-state index in [-0.39, 0.29) is 5.91 Å². The average molecular weight is 319 g/mol. The number of nitrogens with one attached hydrogen (secondary N) is 1. The highest BCUT2D eigenvalue weighted by atomic mass is 33.1. The number of ether oxygens (including phenoxy) is 1. The summed E-state index contributed by atoms with van der Waals surface area (Å²) in [5.74, 6) is 1.52. The minimum atomic E-state index is 0.215. The maximum absolute atomic E-state index is 11.7. The summed E-state index contributed by atoms with van der Waals surface area (Å²) in [5.41, 5.74) is 0. The van der Waals surface area contributed by atoms with E-state index in [1.165, 1.54) is 25.0 Å². The number of carbonyl (C=O) groups excluding carboxylic acids is 1. The number of unbranched alkanes of at least 4 members (excludes halogenated alkanes) is 1. The van der Waals surface area contributed by atoms with Gasteiger partial charge in [-0.3, -0.25) is 9.69 Å². The highest BCUT2D eigenvalue weighted by Crippen LogP contribution is 2.39. The Morgan fingerprint density at radius 3 is 2.90 bits per heavy atom. The van der Waals surface area contributed by atoms with Gasteiger partial charge in [-0.1, -0.05) is 28.0 Å². The van der Waals surface area contributed by atoms with Gasteiger partial charge in [-0.2, -0.15) is 0 Å². The van der Waals surface area contributed by atoms with Gasteiger partial charge in [-0.25, -0.2) is 0 Å². The van der Waals surface area contributed by atoms with Crippen LogP contribution in [0.1, 0.15) is 32.1 Å². The largest absolute Gasteiger partial charge is 0.379 e. The molecule has 2 fully saturated rings. The van der Waals surface area contributed by atoms with Crippen LogP contribution in [0.5, 0.6) is 0 Å². The maximum atomic E-state index is 11.7. The number of rotatable bonds is 8. The molecule has 6 heteroatoms. The van der Waals surface area contributed by atoms with Gasteiger partial charge in [-0.05, 0) is 19.3 Å². The molecular weight excluding hydrogens is 292 g/mol. The summed E-state index contributed by atoms with van der Waals surface area (Å²) in [6, 6.07) is 0. The Hall–Kier alpha value is 0.0900. The van der Waals surface area contributed by atoms with Crippen LogP contribution < -0.4 is 5.32 Å². The standard InChI is InChI=1S/C14H26N2O2S2/c17-14(4-2-1-3-13-5-12-19-20-13)15-6-7-16-8-10-18-11-9-16/h13H,1-12H2,(H,15,17). The van der Waals surface area contributed by atoms with Gasteiger partial charge in [0, 0.05) is 43.6 Å². The molecule has 4 nitrogen and oxygen atoms in total. The zero-order valence-corrected chi connectivity index (χ0v) is 13.8. The predicted molar refractivity (Wildman–Crippen MR) is 87.2 cm³/mol. The first-order chi connectivity index (χ1) is 9.84. The van der Waals surface area contributed by atoms with Gasteiger partial charge in [-0.15, -0.1) is 0 Å². The molecule has 0 saturated carbocycles. The van der Waals surface area contributed by atoms with Crippen molar-refractivity contribution < 1.29 is 9.53 Å². The van der Waals surface area contributed by atoms with Gasteiger partial charge >= 0.3 is 0 Å². The van der Waals surface area contributed by atoms with E-state index in [2.05, 4.69) is 10.2 Å². The third-order valence-corrected chi connectivity index (χ3v) is 6.77. The Labute approximate surface area is 130 Å². The molecule has 0 spiro atoms. The predicted octanol–water partition coefficient (Wildman–Crippen LogP) is 2.15. The van der Waals surface area contributed by atoms with Crippen LogP contribution in [0, 0.1) is 0 Å². The second kappa shape index (κ2) is 9.92. The summed E-state index contributed by atoms with van der Waals surface area (Å²) in [7, 11) is 4.03. The molecule has 2 aliphatic heterocycles. The lowest BCUT2D eigenvalue weighted by atomic mass is 10.1. The van der Waals surface area contributed by atoms with Gasteiger partial charge < -0.3 is 10.1 Å². The van der Waals surface area contributed by atoms with Gasteiger partial charge in [0.05, 0.1) is 13.2 Å². The molecule has 0 aliphatic carbocycles. The fourth-order valence-corrected chi connectivity index (χ4v) is 5.52. The van der Waals surface area contributed by atoms with E-state index in [1.807, 2.05) is 21.6 Å². The molecule has 1 N–H and O–H groups in total. The number of nitrogens with zero attached hydrogens (tertiary/aromatic N) is 1. The first-order valence-electron chi connectivity index (χ1n) is 7.69. The third-order valence-electron chi connectivity index (χ3n) is 3.76. The Balaban J connectivity index is 1.41. The minimum absolute atomic E-state index is 0.215. The second-order valence-electron chi connectivity index (χ2n) is 5.38. The van der Waals surface area contributed by atoms with Crippen molar-refractivity contribution in [1.29, 1.82) is 0 Å². The van der Waals surface area contributed by atoms with Gasteiger partial charge in [0.1, 0.15) is 0 Å². The number of morpholine rings is 1. The van der Waals surface area contributed by atoms with Crippen molar-refractivity contribution in [3.8, 4) is 0 Å². The zero-order chi connectivity index (χ0) is 14.0. The van der Waals surface area contributed by atoms with Crippen LogP contribution in [0.25, 0.3) is 0 Å². The summed E-state index contributed by atoms with van der Waals surface area (Å²) in [5, 5.41) is 3.87. The molecule has 0 aromatic heterocycles. The Morgan fingerprint density at radius 2 is 2.15 bits per heavy atom. The number of hydrogen-bond donors (Lipinski definition) is 1. The summed E-state index contributed by atoms with van der Waals surface area (Å²) in [6.07, 6.45) is 5.54. The van der Waals surface area contributed by atoms with Crippen molar-refractivity contribution in [3.05, 3.63) is 0 Å². The topological polar surface area (TPSA) is 41.6 Å². The normalized spacial score (nSPS) is 23.9. The molecule has 2 heterocycles. The molecule has 1 unspecified atom stereocenters. The summed E-state index contributed by atoms with van der Waals surface area (Å²) in [4.78, 5) is 14.1. The number of hydrogen-bond acceptors (Lipinski definition) is 5. The van der Waals surface area contributed by atoms with Crippen molar-refractivity contribution in [2.24, 2.45) is 0 Å². The third kappa shape index (κ3) is 6.70. The molecule has 2 aliphatic rings. The van der Waals surface area contributed by atoms with Crippen molar-refractivity contribution in [3.63, 3.8) is 0 Å². The Morgan fingerprint density at radius 1 is 1.30 bits per heavy atom. The molecule has 0 bridgehead atoms. The van der Waals surface area contributed by atoms with Gasteiger partial charge in [0.15, 0.2) is 0 Å². The van der Waals surface area contributed by atoms with Crippen molar-refractivity contribution in [2.45, 2.75) is 37.4 Å². The fraction of sp³-hybridized carbons (Fsp3) is 0.929. The van der Waals surface area contributed by atoms with Crippen LogP contribution >= 0.6 is 21.6 Å². The van der Waals surface area contributed by atoms with Crippen LogP contribution in [0.4, 0.5) is 0 Å². The molecule has 116 valence electrons. The molecule has 1 atom stereocenters. The van der Waals surface area contributed by atoms with Crippen LogP contribution in [0.2, 0.25) is 0 Å². The van der Waals surface area contributed by atoms with Gasteiger partial charge in [0.2, 0.25) is 5.91 Å². The van der Waals surface area contributed by atoms with E-state index >= 15 is 0 Å². The lowest BCUT2D eigenvalue weighted by Crippen LogP contribution is -2.41. The molecule has 0 radical (unpaired) electrons. The molecule has 0 aromatic rings. The van der Waals surface area contributed by atoms with Crippen LogP contribution in [0.3, 0.4) is 0 Å². The van der Waals surface area contributed by atoms with Crippen LogP contribution in [-0.2, 0) is 9.53 Å². The van der Waals surface area contributed by atoms with Crippen LogP contribution in [0.15, 0.2) is 0 Å². The lowest BCUT2D eigenvalue weighted by molar-refractivity contribution is -0.121.